The van der Waals surface area contributed by atoms with Gasteiger partial charge in [-0.3, -0.25) is 14.4 Å². The quantitative estimate of drug-likeness (QED) is 0.0346. The van der Waals surface area contributed by atoms with Crippen LogP contribution in [-0.4, -0.2) is 37.2 Å². The molecule has 0 aliphatic heterocycles. The minimum absolute atomic E-state index is 0.0618. The Kier molecular flexibility index (Phi) is 46.8. The first-order chi connectivity index (χ1) is 28.5. The molecule has 0 N–H and O–H groups in total. The molecule has 0 rings (SSSR count). The van der Waals surface area contributed by atoms with Crippen LogP contribution >= 0.6 is 0 Å². The number of carbonyl (C=O) groups excluding carboxylic acids is 3. The lowest BCUT2D eigenvalue weighted by atomic mass is 10.0. The summed E-state index contributed by atoms with van der Waals surface area (Å²) in [5.41, 5.74) is 0. The predicted octanol–water partition coefficient (Wildman–Crippen LogP) is 16.8. The van der Waals surface area contributed by atoms with Crippen molar-refractivity contribution >= 4 is 17.9 Å². The first-order valence-electron chi connectivity index (χ1n) is 26.0. The second-order valence-corrected chi connectivity index (χ2v) is 17.8. The van der Waals surface area contributed by atoms with E-state index in [0.717, 1.165) is 57.8 Å². The summed E-state index contributed by atoms with van der Waals surface area (Å²) in [6, 6.07) is 0. The van der Waals surface area contributed by atoms with Gasteiger partial charge in [0.2, 0.25) is 0 Å². The second-order valence-electron chi connectivity index (χ2n) is 17.8. The fourth-order valence-electron chi connectivity index (χ4n) is 7.92. The fraction of sp³-hybridized carbons (Fsp3) is 0.942. The number of rotatable bonds is 48. The third-order valence-corrected chi connectivity index (χ3v) is 11.9. The van der Waals surface area contributed by atoms with Gasteiger partial charge in [-0.25, -0.2) is 0 Å². The minimum Gasteiger partial charge on any atom is -0.462 e. The summed E-state index contributed by atoms with van der Waals surface area (Å²) >= 11 is 0. The second kappa shape index (κ2) is 48.1. The zero-order valence-corrected chi connectivity index (χ0v) is 39.3. The molecule has 0 aromatic heterocycles. The average molecular weight is 821 g/mol. The number of carbonyl (C=O) groups is 3. The maximum atomic E-state index is 12.8. The van der Waals surface area contributed by atoms with Crippen molar-refractivity contribution in [3.8, 4) is 0 Å². The number of hydrogen-bond donors (Lipinski definition) is 0. The third-order valence-electron chi connectivity index (χ3n) is 11.9. The van der Waals surface area contributed by atoms with Crippen LogP contribution < -0.4 is 0 Å². The molecule has 6 nitrogen and oxygen atoms in total. The van der Waals surface area contributed by atoms with Crippen molar-refractivity contribution in [3.63, 3.8) is 0 Å². The Balaban J connectivity index is 4.26. The highest BCUT2D eigenvalue weighted by molar-refractivity contribution is 5.71. The molecule has 0 fully saturated rings. The van der Waals surface area contributed by atoms with Gasteiger partial charge in [0.05, 0.1) is 0 Å². The van der Waals surface area contributed by atoms with Crippen LogP contribution in [0, 0.1) is 0 Å². The van der Waals surface area contributed by atoms with Crippen molar-refractivity contribution < 1.29 is 28.6 Å². The van der Waals surface area contributed by atoms with E-state index in [2.05, 4.69) is 20.8 Å². The lowest BCUT2D eigenvalue weighted by Gasteiger charge is -2.18. The van der Waals surface area contributed by atoms with Crippen molar-refractivity contribution in [1.29, 1.82) is 0 Å². The highest BCUT2D eigenvalue weighted by Gasteiger charge is 2.19. The van der Waals surface area contributed by atoms with E-state index in [9.17, 15) is 14.4 Å². The average Bonchev–Trinajstić information content (AvgIpc) is 3.22. The standard InChI is InChI=1S/C52H100O6/c1-4-7-10-13-16-19-22-24-25-26-27-28-31-33-36-39-42-45-51(54)57-48-49(47-56-50(53)44-41-38-35-32-29-21-18-15-12-9-6-3)58-52(55)46-43-40-37-34-30-23-20-17-14-11-8-5-2/h49H,4-48H2,1-3H3/t49-/m1/s1. The molecule has 6 heteroatoms. The van der Waals surface area contributed by atoms with Gasteiger partial charge in [-0.15, -0.1) is 0 Å². The van der Waals surface area contributed by atoms with Crippen LogP contribution in [0.4, 0.5) is 0 Å². The Labute approximate surface area is 361 Å². The van der Waals surface area contributed by atoms with Gasteiger partial charge in [0.1, 0.15) is 13.2 Å². The molecule has 0 aliphatic carbocycles. The van der Waals surface area contributed by atoms with E-state index < -0.39 is 6.10 Å². The van der Waals surface area contributed by atoms with E-state index in [-0.39, 0.29) is 31.1 Å². The molecule has 58 heavy (non-hydrogen) atoms. The number of unbranched alkanes of at least 4 members (excludes halogenated alkanes) is 37. The highest BCUT2D eigenvalue weighted by Crippen LogP contribution is 2.17. The van der Waals surface area contributed by atoms with Crippen LogP contribution in [0.2, 0.25) is 0 Å². The van der Waals surface area contributed by atoms with E-state index in [4.69, 9.17) is 14.2 Å². The molecule has 0 heterocycles. The Morgan fingerprint density at radius 3 is 0.690 bits per heavy atom. The summed E-state index contributed by atoms with van der Waals surface area (Å²) in [6.45, 7) is 6.67. The largest absolute Gasteiger partial charge is 0.462 e. The predicted molar refractivity (Wildman–Crippen MR) is 247 cm³/mol. The van der Waals surface area contributed by atoms with Crippen LogP contribution in [-0.2, 0) is 28.6 Å². The third kappa shape index (κ3) is 45.5. The van der Waals surface area contributed by atoms with Gasteiger partial charge in [0.25, 0.3) is 0 Å². The summed E-state index contributed by atoms with van der Waals surface area (Å²) in [6.07, 6.45) is 50.8. The molecular weight excluding hydrogens is 721 g/mol. The maximum Gasteiger partial charge on any atom is 0.306 e. The zero-order chi connectivity index (χ0) is 42.3. The molecule has 0 aromatic rings. The molecule has 344 valence electrons. The number of hydrogen-bond acceptors (Lipinski definition) is 6. The van der Waals surface area contributed by atoms with Crippen molar-refractivity contribution in [2.24, 2.45) is 0 Å². The van der Waals surface area contributed by atoms with Crippen LogP contribution in [0.1, 0.15) is 297 Å². The van der Waals surface area contributed by atoms with Crippen molar-refractivity contribution in [2.45, 2.75) is 303 Å². The summed E-state index contributed by atoms with van der Waals surface area (Å²) in [4.78, 5) is 37.9. The van der Waals surface area contributed by atoms with E-state index in [1.165, 1.54) is 199 Å². The van der Waals surface area contributed by atoms with Crippen LogP contribution in [0.15, 0.2) is 0 Å². The summed E-state index contributed by atoms with van der Waals surface area (Å²) in [5.74, 6) is -0.842. The smallest absolute Gasteiger partial charge is 0.306 e. The molecule has 0 saturated heterocycles. The van der Waals surface area contributed by atoms with Crippen LogP contribution in [0.25, 0.3) is 0 Å². The first kappa shape index (κ1) is 56.4. The lowest BCUT2D eigenvalue weighted by molar-refractivity contribution is -0.167. The van der Waals surface area contributed by atoms with Gasteiger partial charge in [0.15, 0.2) is 6.10 Å². The lowest BCUT2D eigenvalue weighted by Crippen LogP contribution is -2.30. The van der Waals surface area contributed by atoms with Gasteiger partial charge < -0.3 is 14.2 Å². The summed E-state index contributed by atoms with van der Waals surface area (Å²) < 4.78 is 16.8. The Hall–Kier alpha value is -1.59. The van der Waals surface area contributed by atoms with E-state index in [1.807, 2.05) is 0 Å². The normalized spacial score (nSPS) is 11.8. The summed E-state index contributed by atoms with van der Waals surface area (Å²) in [7, 11) is 0. The molecule has 0 unspecified atom stereocenters. The molecular formula is C52H100O6. The van der Waals surface area contributed by atoms with E-state index >= 15 is 0 Å². The number of esters is 3. The highest BCUT2D eigenvalue weighted by atomic mass is 16.6. The van der Waals surface area contributed by atoms with E-state index in [0.29, 0.717) is 19.3 Å². The molecule has 0 amide bonds. The molecule has 0 saturated carbocycles. The number of ether oxygens (including phenoxy) is 3. The van der Waals surface area contributed by atoms with Gasteiger partial charge in [-0.05, 0) is 19.3 Å². The first-order valence-corrected chi connectivity index (χ1v) is 26.0. The fourth-order valence-corrected chi connectivity index (χ4v) is 7.92. The van der Waals surface area contributed by atoms with Gasteiger partial charge >= 0.3 is 17.9 Å². The topological polar surface area (TPSA) is 78.9 Å². The molecule has 0 spiro atoms. The Morgan fingerprint density at radius 2 is 0.466 bits per heavy atom. The van der Waals surface area contributed by atoms with Gasteiger partial charge in [0, 0.05) is 19.3 Å². The van der Waals surface area contributed by atoms with Crippen LogP contribution in [0.5, 0.6) is 0 Å². The Morgan fingerprint density at radius 1 is 0.276 bits per heavy atom. The van der Waals surface area contributed by atoms with Gasteiger partial charge in [-0.1, -0.05) is 258 Å². The minimum atomic E-state index is -0.759. The van der Waals surface area contributed by atoms with Crippen molar-refractivity contribution in [2.75, 3.05) is 13.2 Å². The van der Waals surface area contributed by atoms with Crippen LogP contribution in [0.3, 0.4) is 0 Å². The molecule has 0 radical (unpaired) electrons. The molecule has 1 atom stereocenters. The molecule has 0 aliphatic rings. The van der Waals surface area contributed by atoms with Gasteiger partial charge in [-0.2, -0.15) is 0 Å². The van der Waals surface area contributed by atoms with E-state index in [1.54, 1.807) is 0 Å². The summed E-state index contributed by atoms with van der Waals surface area (Å²) in [5, 5.41) is 0. The zero-order valence-electron chi connectivity index (χ0n) is 39.3. The molecule has 0 aromatic carbocycles. The maximum absolute atomic E-state index is 12.8. The molecule has 0 bridgehead atoms. The SMILES string of the molecule is CCCCCCCCCCCCCCCCCCCC(=O)OC[C@@H](COC(=O)CCCCCCCCCCCCC)OC(=O)CCCCCCCCCCCCCC. The van der Waals surface area contributed by atoms with Crippen molar-refractivity contribution in [3.05, 3.63) is 0 Å². The monoisotopic (exact) mass is 821 g/mol. The Bertz CT molecular complexity index is 859. The van der Waals surface area contributed by atoms with Crippen molar-refractivity contribution in [1.82, 2.24) is 0 Å².